The fourth-order valence-corrected chi connectivity index (χ4v) is 2.57. The summed E-state index contributed by atoms with van der Waals surface area (Å²) in [4.78, 5) is 24.3. The van der Waals surface area contributed by atoms with Crippen LogP contribution in [-0.2, 0) is 4.74 Å². The molecule has 1 saturated heterocycles. The largest absolute Gasteiger partial charge is 0.467 e. The molecule has 1 amide bonds. The molecule has 0 aromatic carbocycles. The zero-order valence-electron chi connectivity index (χ0n) is 14.2. The van der Waals surface area contributed by atoms with Crippen molar-refractivity contribution in [2.45, 2.75) is 39.3 Å². The van der Waals surface area contributed by atoms with Crippen molar-refractivity contribution in [2.24, 2.45) is 0 Å². The summed E-state index contributed by atoms with van der Waals surface area (Å²) in [6.45, 7) is 9.40. The summed E-state index contributed by atoms with van der Waals surface area (Å²) in [5.41, 5.74) is -0.499. The smallest absolute Gasteiger partial charge is 0.410 e. The summed E-state index contributed by atoms with van der Waals surface area (Å²) in [6.07, 6.45) is -0.289. The molecule has 1 aliphatic rings. The lowest BCUT2D eigenvalue weighted by atomic mass is 10.2. The van der Waals surface area contributed by atoms with Gasteiger partial charge in [0.15, 0.2) is 0 Å². The predicted molar refractivity (Wildman–Crippen MR) is 88.2 cm³/mol. The van der Waals surface area contributed by atoms with E-state index in [-0.39, 0.29) is 18.1 Å². The lowest BCUT2D eigenvalue weighted by Gasteiger charge is -2.40. The van der Waals surface area contributed by atoms with E-state index in [9.17, 15) is 4.79 Å². The Bertz CT molecular complexity index is 576. The molecule has 0 radical (unpaired) electrons. The monoisotopic (exact) mass is 342 g/mol. The molecule has 0 spiro atoms. The fourth-order valence-electron chi connectivity index (χ4n) is 2.40. The maximum atomic E-state index is 12.2. The maximum Gasteiger partial charge on any atom is 0.410 e. The zero-order valence-corrected chi connectivity index (χ0v) is 14.9. The third-order valence-electron chi connectivity index (χ3n) is 3.42. The normalized spacial score (nSPS) is 18.8. The van der Waals surface area contributed by atoms with Gasteiger partial charge in [0.2, 0.25) is 0 Å². The number of ether oxygens (including phenoxy) is 2. The van der Waals surface area contributed by atoms with E-state index in [1.165, 1.54) is 7.11 Å². The topological polar surface area (TPSA) is 67.8 Å². The molecule has 23 heavy (non-hydrogen) atoms. The van der Waals surface area contributed by atoms with E-state index in [4.69, 9.17) is 21.1 Å². The summed E-state index contributed by atoms with van der Waals surface area (Å²) in [6, 6.07) is 1.92. The summed E-state index contributed by atoms with van der Waals surface area (Å²) in [7, 11) is 1.50. The molecule has 0 N–H and O–H groups in total. The van der Waals surface area contributed by atoms with Crippen LogP contribution in [0.15, 0.2) is 6.07 Å². The van der Waals surface area contributed by atoms with Gasteiger partial charge in [0.05, 0.1) is 7.11 Å². The first-order valence-electron chi connectivity index (χ1n) is 7.53. The first-order valence-corrected chi connectivity index (χ1v) is 7.90. The highest BCUT2D eigenvalue weighted by molar-refractivity contribution is 6.29. The van der Waals surface area contributed by atoms with Crippen molar-refractivity contribution in [3.05, 3.63) is 11.2 Å². The third-order valence-corrected chi connectivity index (χ3v) is 3.62. The quantitative estimate of drug-likeness (QED) is 0.769. The number of aromatic nitrogens is 2. The Balaban J connectivity index is 2.06. The van der Waals surface area contributed by atoms with Gasteiger partial charge in [-0.15, -0.1) is 0 Å². The molecule has 128 valence electrons. The van der Waals surface area contributed by atoms with E-state index in [0.29, 0.717) is 30.6 Å². The van der Waals surface area contributed by atoms with Crippen LogP contribution in [0.5, 0.6) is 6.01 Å². The SMILES string of the molecule is COc1nc(Cl)cc(N2CCN(C(=O)OC(C)(C)C)[C@@H](C)C2)n1. The number of hydrogen-bond donors (Lipinski definition) is 0. The van der Waals surface area contributed by atoms with Crippen LogP contribution < -0.4 is 9.64 Å². The summed E-state index contributed by atoms with van der Waals surface area (Å²) >= 11 is 5.99. The van der Waals surface area contributed by atoms with Crippen molar-refractivity contribution in [3.8, 4) is 6.01 Å². The Kier molecular flexibility index (Phi) is 5.19. The Morgan fingerprint density at radius 1 is 1.35 bits per heavy atom. The van der Waals surface area contributed by atoms with Gasteiger partial charge in [0.25, 0.3) is 0 Å². The number of carbonyl (C=O) groups excluding carboxylic acids is 1. The van der Waals surface area contributed by atoms with Gasteiger partial charge in [-0.3, -0.25) is 0 Å². The van der Waals surface area contributed by atoms with Crippen molar-refractivity contribution in [1.29, 1.82) is 0 Å². The molecule has 8 heteroatoms. The number of methoxy groups -OCH3 is 1. The van der Waals surface area contributed by atoms with Gasteiger partial charge in [-0.2, -0.15) is 9.97 Å². The van der Waals surface area contributed by atoms with Crippen molar-refractivity contribution in [2.75, 3.05) is 31.6 Å². The number of carbonyl (C=O) groups is 1. The molecule has 1 atom stereocenters. The van der Waals surface area contributed by atoms with Crippen LogP contribution in [0.1, 0.15) is 27.7 Å². The molecule has 1 aromatic rings. The lowest BCUT2D eigenvalue weighted by Crippen LogP contribution is -2.55. The number of hydrogen-bond acceptors (Lipinski definition) is 6. The van der Waals surface area contributed by atoms with Crippen LogP contribution in [-0.4, -0.2) is 59.3 Å². The fraction of sp³-hybridized carbons (Fsp3) is 0.667. The van der Waals surface area contributed by atoms with Crippen molar-refractivity contribution >= 4 is 23.5 Å². The molecule has 1 aromatic heterocycles. The number of anilines is 1. The minimum Gasteiger partial charge on any atom is -0.467 e. The first-order chi connectivity index (χ1) is 10.7. The van der Waals surface area contributed by atoms with E-state index in [0.717, 1.165) is 0 Å². The van der Waals surface area contributed by atoms with Gasteiger partial charge >= 0.3 is 12.1 Å². The Morgan fingerprint density at radius 2 is 2.04 bits per heavy atom. The van der Waals surface area contributed by atoms with E-state index < -0.39 is 5.60 Å². The van der Waals surface area contributed by atoms with Crippen LogP contribution in [0, 0.1) is 0 Å². The average Bonchev–Trinajstić information content (AvgIpc) is 2.44. The highest BCUT2D eigenvalue weighted by Crippen LogP contribution is 2.23. The van der Waals surface area contributed by atoms with Crippen molar-refractivity contribution in [1.82, 2.24) is 14.9 Å². The summed E-state index contributed by atoms with van der Waals surface area (Å²) in [5, 5.41) is 0.328. The first kappa shape index (κ1) is 17.6. The van der Waals surface area contributed by atoms with Crippen LogP contribution in [0.4, 0.5) is 10.6 Å². The number of rotatable bonds is 2. The molecule has 1 fully saturated rings. The Labute approximate surface area is 141 Å². The highest BCUT2D eigenvalue weighted by Gasteiger charge is 2.31. The van der Waals surface area contributed by atoms with Crippen LogP contribution in [0.3, 0.4) is 0 Å². The Hall–Kier alpha value is -1.76. The molecule has 1 aliphatic heterocycles. The van der Waals surface area contributed by atoms with E-state index in [1.807, 2.05) is 27.7 Å². The lowest BCUT2D eigenvalue weighted by molar-refractivity contribution is 0.0158. The van der Waals surface area contributed by atoms with Gasteiger partial charge in [-0.25, -0.2) is 4.79 Å². The minimum absolute atomic E-state index is 0.00154. The summed E-state index contributed by atoms with van der Waals surface area (Å²) < 4.78 is 10.5. The molecule has 0 bridgehead atoms. The van der Waals surface area contributed by atoms with Crippen LogP contribution >= 0.6 is 11.6 Å². The third kappa shape index (κ3) is 4.60. The number of halogens is 1. The zero-order chi connectivity index (χ0) is 17.2. The van der Waals surface area contributed by atoms with Crippen LogP contribution in [0.25, 0.3) is 0 Å². The molecule has 2 rings (SSSR count). The molecular weight excluding hydrogens is 320 g/mol. The molecule has 2 heterocycles. The number of nitrogens with zero attached hydrogens (tertiary/aromatic N) is 4. The second-order valence-corrected chi connectivity index (χ2v) is 6.89. The van der Waals surface area contributed by atoms with E-state index in [1.54, 1.807) is 11.0 Å². The van der Waals surface area contributed by atoms with Crippen molar-refractivity contribution < 1.29 is 14.3 Å². The number of piperazine rings is 1. The summed E-state index contributed by atoms with van der Waals surface area (Å²) in [5.74, 6) is 0.692. The maximum absolute atomic E-state index is 12.2. The van der Waals surface area contributed by atoms with E-state index in [2.05, 4.69) is 14.9 Å². The second-order valence-electron chi connectivity index (χ2n) is 6.50. The Morgan fingerprint density at radius 3 is 2.61 bits per heavy atom. The average molecular weight is 343 g/mol. The molecule has 0 aliphatic carbocycles. The molecule has 7 nitrogen and oxygen atoms in total. The van der Waals surface area contributed by atoms with Gasteiger partial charge in [0, 0.05) is 31.7 Å². The van der Waals surface area contributed by atoms with Gasteiger partial charge in [0.1, 0.15) is 16.6 Å². The van der Waals surface area contributed by atoms with Crippen molar-refractivity contribution in [3.63, 3.8) is 0 Å². The minimum atomic E-state index is -0.499. The molecule has 0 saturated carbocycles. The standard InChI is InChI=1S/C15H23ClN4O3/c1-10-9-19(12-8-11(16)17-13(18-12)22-5)6-7-20(10)14(21)23-15(2,3)4/h8,10H,6-7,9H2,1-5H3/t10-/m0/s1. The highest BCUT2D eigenvalue weighted by atomic mass is 35.5. The molecular formula is C15H23ClN4O3. The number of amides is 1. The van der Waals surface area contributed by atoms with Crippen LogP contribution in [0.2, 0.25) is 5.15 Å². The second kappa shape index (κ2) is 6.78. The van der Waals surface area contributed by atoms with Gasteiger partial charge in [-0.05, 0) is 27.7 Å². The molecule has 0 unspecified atom stereocenters. The van der Waals surface area contributed by atoms with E-state index >= 15 is 0 Å². The van der Waals surface area contributed by atoms with Gasteiger partial charge < -0.3 is 19.3 Å². The van der Waals surface area contributed by atoms with Gasteiger partial charge in [-0.1, -0.05) is 11.6 Å². The predicted octanol–water partition coefficient (Wildman–Crippen LogP) is 2.58.